The van der Waals surface area contributed by atoms with Crippen LogP contribution in [0.2, 0.25) is 0 Å². The van der Waals surface area contributed by atoms with E-state index in [0.717, 1.165) is 69.1 Å². The Morgan fingerprint density at radius 3 is 2.53 bits per heavy atom. The highest BCUT2D eigenvalue weighted by Gasteiger charge is 2.25. The molecular formula is C24H28N4O2. The highest BCUT2D eigenvalue weighted by molar-refractivity contribution is 5.94. The van der Waals surface area contributed by atoms with Crippen LogP contribution in [0.3, 0.4) is 0 Å². The van der Waals surface area contributed by atoms with Crippen LogP contribution in [0.4, 0.5) is 5.69 Å². The molecule has 156 valence electrons. The molecule has 0 bridgehead atoms. The van der Waals surface area contributed by atoms with E-state index in [1.165, 1.54) is 5.56 Å². The number of ether oxygens (including phenoxy) is 1. The Hall–Kier alpha value is -2.86. The second kappa shape index (κ2) is 8.48. The number of hydrogen-bond acceptors (Lipinski definition) is 4. The van der Waals surface area contributed by atoms with Gasteiger partial charge in [-0.05, 0) is 68.1 Å². The molecule has 2 fully saturated rings. The normalized spacial score (nSPS) is 22.2. The number of benzene rings is 1. The molecule has 1 amide bonds. The molecule has 1 aromatic rings. The van der Waals surface area contributed by atoms with E-state index >= 15 is 0 Å². The number of anilines is 1. The van der Waals surface area contributed by atoms with Crippen LogP contribution in [0.15, 0.2) is 54.9 Å². The first kappa shape index (κ1) is 19.1. The average molecular weight is 405 g/mol. The number of nitrogens with one attached hydrogen (secondary N) is 1. The van der Waals surface area contributed by atoms with Gasteiger partial charge in [0.05, 0.1) is 13.2 Å². The molecule has 5 rings (SSSR count). The minimum atomic E-state index is 0.0273. The number of pyridine rings is 1. The maximum absolute atomic E-state index is 12.7. The van der Waals surface area contributed by atoms with Crippen molar-refractivity contribution in [3.8, 4) is 11.4 Å². The average Bonchev–Trinajstić information content (AvgIpc) is 3.29. The van der Waals surface area contributed by atoms with Gasteiger partial charge in [-0.3, -0.25) is 4.79 Å². The minimum absolute atomic E-state index is 0.0273. The monoisotopic (exact) mass is 404 g/mol. The summed E-state index contributed by atoms with van der Waals surface area (Å²) in [7, 11) is 0. The smallest absolute Gasteiger partial charge is 0.251 e. The van der Waals surface area contributed by atoms with E-state index < -0.39 is 0 Å². The van der Waals surface area contributed by atoms with Crippen molar-refractivity contribution in [1.29, 1.82) is 0 Å². The summed E-state index contributed by atoms with van der Waals surface area (Å²) in [5.41, 5.74) is 3.07. The van der Waals surface area contributed by atoms with Crippen molar-refractivity contribution < 1.29 is 9.53 Å². The number of aromatic nitrogens is 2. The van der Waals surface area contributed by atoms with Crippen molar-refractivity contribution in [3.63, 3.8) is 0 Å². The van der Waals surface area contributed by atoms with E-state index in [9.17, 15) is 4.79 Å². The number of rotatable bonds is 4. The van der Waals surface area contributed by atoms with Gasteiger partial charge in [0.1, 0.15) is 5.82 Å². The topological polar surface area (TPSA) is 59.4 Å². The second-order valence-corrected chi connectivity index (χ2v) is 8.26. The molecule has 1 N–H and O–H groups in total. The van der Waals surface area contributed by atoms with Crippen molar-refractivity contribution in [3.05, 3.63) is 60.4 Å². The van der Waals surface area contributed by atoms with E-state index in [0.29, 0.717) is 6.04 Å². The molecule has 3 heterocycles. The van der Waals surface area contributed by atoms with Gasteiger partial charge in [-0.1, -0.05) is 0 Å². The van der Waals surface area contributed by atoms with Gasteiger partial charge >= 0.3 is 0 Å². The first-order valence-electron chi connectivity index (χ1n) is 10.9. The second-order valence-electron chi connectivity index (χ2n) is 8.26. The van der Waals surface area contributed by atoms with Gasteiger partial charge in [-0.2, -0.15) is 0 Å². The zero-order valence-corrected chi connectivity index (χ0v) is 17.2. The molecule has 6 nitrogen and oxygen atoms in total. The van der Waals surface area contributed by atoms with Crippen molar-refractivity contribution in [2.24, 2.45) is 0 Å². The molecule has 0 unspecified atom stereocenters. The van der Waals surface area contributed by atoms with Crippen LogP contribution < -0.4 is 10.2 Å². The van der Waals surface area contributed by atoms with Crippen LogP contribution in [0.25, 0.3) is 11.4 Å². The van der Waals surface area contributed by atoms with Crippen molar-refractivity contribution in [2.75, 3.05) is 31.2 Å². The highest BCUT2D eigenvalue weighted by atomic mass is 16.5. The van der Waals surface area contributed by atoms with E-state index in [1.54, 1.807) is 0 Å². The van der Waals surface area contributed by atoms with E-state index in [-0.39, 0.29) is 11.9 Å². The van der Waals surface area contributed by atoms with Crippen LogP contribution >= 0.6 is 0 Å². The summed E-state index contributed by atoms with van der Waals surface area (Å²) >= 11 is 0. The van der Waals surface area contributed by atoms with E-state index in [2.05, 4.69) is 44.2 Å². The van der Waals surface area contributed by atoms with Crippen molar-refractivity contribution >= 4 is 11.6 Å². The number of amides is 1. The number of fused-ring (bicyclic) bond motifs is 1. The van der Waals surface area contributed by atoms with Gasteiger partial charge in [0.15, 0.2) is 0 Å². The molecule has 0 spiro atoms. The van der Waals surface area contributed by atoms with E-state index in [4.69, 9.17) is 4.74 Å². The van der Waals surface area contributed by atoms with Gasteiger partial charge < -0.3 is 19.5 Å². The maximum Gasteiger partial charge on any atom is 0.251 e. The number of hydrogen-bond donors (Lipinski definition) is 1. The lowest BCUT2D eigenvalue weighted by Crippen LogP contribution is -2.38. The Morgan fingerprint density at radius 2 is 1.77 bits per heavy atom. The third kappa shape index (κ3) is 3.92. The molecule has 0 radical (unpaired) electrons. The fourth-order valence-electron chi connectivity index (χ4n) is 4.70. The molecule has 3 aliphatic heterocycles. The quantitative estimate of drug-likeness (QED) is 0.720. The minimum Gasteiger partial charge on any atom is -0.378 e. The summed E-state index contributed by atoms with van der Waals surface area (Å²) < 4.78 is 7.71. The SMILES string of the molecule is O=C(NC1CCC(n2cccc3ccnc2-3)CC1)c1ccc(N2CCOCC2)cc1. The number of carbonyl (C=O) groups is 1. The standard InChI is InChI=1S/C24H28N4O2/c29-24(19-3-7-21(8-4-19)27-14-16-30-17-15-27)26-20-5-9-22(10-6-20)28-13-1-2-18-11-12-25-23(18)28/h1-4,7-8,11-13,20,22H,5-6,9-10,14-17H2,(H,26,29). The molecule has 1 saturated carbocycles. The molecule has 4 aliphatic rings. The predicted octanol–water partition coefficient (Wildman–Crippen LogP) is 3.74. The van der Waals surface area contributed by atoms with Crippen LogP contribution in [-0.2, 0) is 4.74 Å². The van der Waals surface area contributed by atoms with E-state index in [1.807, 2.05) is 30.5 Å². The molecule has 0 atom stereocenters. The number of carbonyl (C=O) groups excluding carboxylic acids is 1. The Kier molecular flexibility index (Phi) is 5.41. The summed E-state index contributed by atoms with van der Waals surface area (Å²) in [6.07, 6.45) is 8.10. The van der Waals surface area contributed by atoms with Gasteiger partial charge in [0.25, 0.3) is 5.91 Å². The fraction of sp³-hybridized carbons (Fsp3) is 0.417. The van der Waals surface area contributed by atoms with Gasteiger partial charge in [-0.25, -0.2) is 4.98 Å². The lowest BCUT2D eigenvalue weighted by atomic mass is 9.90. The molecule has 1 saturated heterocycles. The molecular weight excluding hydrogens is 376 g/mol. The van der Waals surface area contributed by atoms with Crippen LogP contribution in [0, 0.1) is 0 Å². The summed E-state index contributed by atoms with van der Waals surface area (Å²) in [4.78, 5) is 19.6. The maximum atomic E-state index is 12.7. The summed E-state index contributed by atoms with van der Waals surface area (Å²) in [5.74, 6) is 1.09. The molecule has 1 aromatic carbocycles. The third-order valence-corrected chi connectivity index (χ3v) is 6.41. The summed E-state index contributed by atoms with van der Waals surface area (Å²) in [6, 6.07) is 14.9. The Bertz CT molecular complexity index is 953. The molecule has 30 heavy (non-hydrogen) atoms. The molecule has 1 aliphatic carbocycles. The molecule has 6 heteroatoms. The zero-order chi connectivity index (χ0) is 20.3. The zero-order valence-electron chi connectivity index (χ0n) is 17.2. The van der Waals surface area contributed by atoms with Gasteiger partial charge in [-0.15, -0.1) is 0 Å². The molecule has 0 aromatic heterocycles. The van der Waals surface area contributed by atoms with Crippen LogP contribution in [-0.4, -0.2) is 47.8 Å². The number of morpholine rings is 1. The third-order valence-electron chi connectivity index (χ3n) is 6.41. The lowest BCUT2D eigenvalue weighted by Gasteiger charge is -2.32. The largest absolute Gasteiger partial charge is 0.378 e. The van der Waals surface area contributed by atoms with Gasteiger partial charge in [0, 0.05) is 54.4 Å². The first-order valence-corrected chi connectivity index (χ1v) is 10.9. The number of nitrogens with zero attached hydrogens (tertiary/aromatic N) is 3. The highest BCUT2D eigenvalue weighted by Crippen LogP contribution is 2.32. The summed E-state index contributed by atoms with van der Waals surface area (Å²) in [6.45, 7) is 3.33. The first-order chi connectivity index (χ1) is 14.8. The fourth-order valence-corrected chi connectivity index (χ4v) is 4.70. The van der Waals surface area contributed by atoms with Crippen LogP contribution in [0.5, 0.6) is 0 Å². The Morgan fingerprint density at radius 1 is 1.00 bits per heavy atom. The van der Waals surface area contributed by atoms with Crippen LogP contribution in [0.1, 0.15) is 42.1 Å². The van der Waals surface area contributed by atoms with Gasteiger partial charge in [0.2, 0.25) is 0 Å². The predicted molar refractivity (Wildman–Crippen MR) is 117 cm³/mol. The lowest BCUT2D eigenvalue weighted by molar-refractivity contribution is 0.0922. The Labute approximate surface area is 177 Å². The van der Waals surface area contributed by atoms with Crippen molar-refractivity contribution in [1.82, 2.24) is 14.9 Å². The summed E-state index contributed by atoms with van der Waals surface area (Å²) in [5, 5.41) is 3.24. The van der Waals surface area contributed by atoms with Crippen molar-refractivity contribution in [2.45, 2.75) is 37.8 Å². The Balaban J connectivity index is 1.16.